The molecule has 0 aliphatic rings. The maximum atomic E-state index is 12.6. The Kier molecular flexibility index (Phi) is 4.88. The number of aromatic amines is 1. The fourth-order valence-corrected chi connectivity index (χ4v) is 2.62. The summed E-state index contributed by atoms with van der Waals surface area (Å²) in [5.74, 6) is 0.293. The number of carbonyl (C=O) groups excluding carboxylic acids is 1. The lowest BCUT2D eigenvalue weighted by Gasteiger charge is -2.16. The number of fused-ring (bicyclic) bond motifs is 1. The normalized spacial score (nSPS) is 11.8. The van der Waals surface area contributed by atoms with Gasteiger partial charge in [-0.25, -0.2) is 9.78 Å². The van der Waals surface area contributed by atoms with Crippen LogP contribution < -0.4 is 15.0 Å². The highest BCUT2D eigenvalue weighted by molar-refractivity contribution is 5.95. The summed E-state index contributed by atoms with van der Waals surface area (Å²) in [5.41, 5.74) is 0.417. The fraction of sp³-hybridized carbons (Fsp3) is 0.211. The quantitative estimate of drug-likeness (QED) is 0.709. The lowest BCUT2D eigenvalue weighted by molar-refractivity contribution is 0.0313. The molecule has 1 heterocycles. The van der Waals surface area contributed by atoms with Gasteiger partial charge in [0.1, 0.15) is 17.1 Å². The second-order valence-corrected chi connectivity index (χ2v) is 5.55. The topological polar surface area (TPSA) is 90.5 Å². The van der Waals surface area contributed by atoms with Crippen molar-refractivity contribution in [1.29, 1.82) is 0 Å². The maximum Gasteiger partial charge on any atom is 0.346 e. The van der Waals surface area contributed by atoms with E-state index in [-0.39, 0.29) is 16.9 Å². The number of nitrogens with zero attached hydrogens (tertiary/aromatic N) is 1. The molecule has 0 radical (unpaired) electrons. The van der Waals surface area contributed by atoms with Crippen molar-refractivity contribution in [2.24, 2.45) is 0 Å². The number of rotatable bonds is 5. The lowest BCUT2D eigenvalue weighted by atomic mass is 10.1. The van der Waals surface area contributed by atoms with Crippen molar-refractivity contribution in [3.63, 3.8) is 0 Å². The van der Waals surface area contributed by atoms with Crippen LogP contribution in [0.25, 0.3) is 10.9 Å². The van der Waals surface area contributed by atoms with Gasteiger partial charge in [-0.3, -0.25) is 4.79 Å². The number of nitrogens with one attached hydrogen (secondary N) is 1. The van der Waals surface area contributed by atoms with Gasteiger partial charge in [0, 0.05) is 0 Å². The van der Waals surface area contributed by atoms with Crippen molar-refractivity contribution in [3.05, 3.63) is 64.2 Å². The van der Waals surface area contributed by atoms with Crippen molar-refractivity contribution in [3.8, 4) is 11.5 Å². The predicted molar refractivity (Wildman–Crippen MR) is 95.7 cm³/mol. The van der Waals surface area contributed by atoms with Crippen molar-refractivity contribution in [2.75, 3.05) is 14.2 Å². The van der Waals surface area contributed by atoms with Crippen LogP contribution in [-0.4, -0.2) is 30.2 Å². The number of para-hydroxylation sites is 1. The summed E-state index contributed by atoms with van der Waals surface area (Å²) in [4.78, 5) is 31.8. The molecular weight excluding hydrogens is 336 g/mol. The Labute approximate surface area is 149 Å². The summed E-state index contributed by atoms with van der Waals surface area (Å²) >= 11 is 0. The van der Waals surface area contributed by atoms with Gasteiger partial charge in [0.2, 0.25) is 0 Å². The maximum absolute atomic E-state index is 12.6. The molecule has 1 N–H and O–H groups in total. The van der Waals surface area contributed by atoms with Crippen LogP contribution >= 0.6 is 0 Å². The zero-order valence-corrected chi connectivity index (χ0v) is 14.6. The van der Waals surface area contributed by atoms with Crippen LogP contribution in [0.15, 0.2) is 47.3 Å². The minimum Gasteiger partial charge on any atom is -0.496 e. The number of H-pyrrole nitrogens is 1. The van der Waals surface area contributed by atoms with Gasteiger partial charge in [0.25, 0.3) is 5.56 Å². The van der Waals surface area contributed by atoms with E-state index in [2.05, 4.69) is 9.97 Å². The van der Waals surface area contributed by atoms with E-state index in [1.807, 2.05) is 0 Å². The second kappa shape index (κ2) is 7.26. The SMILES string of the molecule is COc1cccc(OC)c1C(=O)O[C@H](C)c1nc2ccccc2c(=O)[nH]1. The summed E-state index contributed by atoms with van der Waals surface area (Å²) < 4.78 is 15.9. The molecule has 0 saturated heterocycles. The van der Waals surface area contributed by atoms with Crippen LogP contribution in [0.5, 0.6) is 11.5 Å². The molecule has 0 saturated carbocycles. The smallest absolute Gasteiger partial charge is 0.346 e. The first-order valence-corrected chi connectivity index (χ1v) is 7.96. The molecule has 0 spiro atoms. The third-order valence-electron chi connectivity index (χ3n) is 3.93. The molecule has 1 aromatic heterocycles. The third kappa shape index (κ3) is 3.23. The first kappa shape index (κ1) is 17.5. The van der Waals surface area contributed by atoms with Gasteiger partial charge in [-0.1, -0.05) is 18.2 Å². The van der Waals surface area contributed by atoms with Crippen LogP contribution in [0.1, 0.15) is 29.2 Å². The van der Waals surface area contributed by atoms with E-state index in [9.17, 15) is 9.59 Å². The number of carbonyl (C=O) groups is 1. The molecule has 0 aliphatic heterocycles. The van der Waals surface area contributed by atoms with E-state index in [4.69, 9.17) is 14.2 Å². The summed E-state index contributed by atoms with van der Waals surface area (Å²) in [6.07, 6.45) is -0.769. The molecule has 0 aliphatic carbocycles. The van der Waals surface area contributed by atoms with Gasteiger partial charge in [-0.2, -0.15) is 0 Å². The molecule has 7 heteroatoms. The molecule has 2 aromatic carbocycles. The Morgan fingerprint density at radius 1 is 1.04 bits per heavy atom. The highest BCUT2D eigenvalue weighted by Crippen LogP contribution is 2.30. The van der Waals surface area contributed by atoms with Gasteiger partial charge in [0.05, 0.1) is 25.1 Å². The molecule has 0 fully saturated rings. The van der Waals surface area contributed by atoms with E-state index < -0.39 is 12.1 Å². The number of ether oxygens (including phenoxy) is 3. The van der Waals surface area contributed by atoms with Crippen LogP contribution in [0, 0.1) is 0 Å². The highest BCUT2D eigenvalue weighted by atomic mass is 16.5. The average Bonchev–Trinajstić information content (AvgIpc) is 2.67. The van der Waals surface area contributed by atoms with Gasteiger partial charge < -0.3 is 19.2 Å². The average molecular weight is 354 g/mol. The van der Waals surface area contributed by atoms with E-state index in [0.29, 0.717) is 22.4 Å². The Hall–Kier alpha value is -3.35. The molecule has 0 amide bonds. The van der Waals surface area contributed by atoms with Crippen LogP contribution in [0.4, 0.5) is 0 Å². The number of hydrogen-bond acceptors (Lipinski definition) is 6. The lowest BCUT2D eigenvalue weighted by Crippen LogP contribution is -2.18. The molecule has 3 rings (SSSR count). The third-order valence-corrected chi connectivity index (χ3v) is 3.93. The Bertz CT molecular complexity index is 990. The summed E-state index contributed by atoms with van der Waals surface area (Å²) in [6.45, 7) is 1.63. The molecule has 0 bridgehead atoms. The van der Waals surface area contributed by atoms with E-state index in [1.165, 1.54) is 14.2 Å². The number of benzene rings is 2. The van der Waals surface area contributed by atoms with E-state index >= 15 is 0 Å². The van der Waals surface area contributed by atoms with Gasteiger partial charge in [-0.15, -0.1) is 0 Å². The van der Waals surface area contributed by atoms with Crippen molar-refractivity contribution in [1.82, 2.24) is 9.97 Å². The largest absolute Gasteiger partial charge is 0.496 e. The molecule has 26 heavy (non-hydrogen) atoms. The van der Waals surface area contributed by atoms with Gasteiger partial charge >= 0.3 is 5.97 Å². The summed E-state index contributed by atoms with van der Waals surface area (Å²) in [5, 5.41) is 0.473. The molecule has 7 nitrogen and oxygen atoms in total. The Morgan fingerprint density at radius 2 is 1.69 bits per heavy atom. The van der Waals surface area contributed by atoms with Crippen LogP contribution in [0.2, 0.25) is 0 Å². The van der Waals surface area contributed by atoms with Gasteiger partial charge in [0.15, 0.2) is 11.9 Å². The molecular formula is C19H18N2O5. The minimum absolute atomic E-state index is 0.174. The Morgan fingerprint density at radius 3 is 2.35 bits per heavy atom. The van der Waals surface area contributed by atoms with Crippen LogP contribution in [-0.2, 0) is 4.74 Å². The standard InChI is InChI=1S/C19H18N2O5/c1-11(17-20-13-8-5-4-7-12(13)18(22)21-17)26-19(23)16-14(24-2)9-6-10-15(16)25-3/h4-11H,1-3H3,(H,20,21,22)/t11-/m1/s1. The van der Waals surface area contributed by atoms with E-state index in [0.717, 1.165) is 0 Å². The fourth-order valence-electron chi connectivity index (χ4n) is 2.62. The van der Waals surface area contributed by atoms with Gasteiger partial charge in [-0.05, 0) is 31.2 Å². The zero-order chi connectivity index (χ0) is 18.7. The first-order valence-electron chi connectivity index (χ1n) is 7.96. The molecule has 134 valence electrons. The number of esters is 1. The number of aromatic nitrogens is 2. The number of methoxy groups -OCH3 is 2. The minimum atomic E-state index is -0.769. The summed E-state index contributed by atoms with van der Waals surface area (Å²) in [6, 6.07) is 11.9. The van der Waals surface area contributed by atoms with Crippen molar-refractivity contribution >= 4 is 16.9 Å². The first-order chi connectivity index (χ1) is 12.5. The van der Waals surface area contributed by atoms with Crippen molar-refractivity contribution in [2.45, 2.75) is 13.0 Å². The van der Waals surface area contributed by atoms with E-state index in [1.54, 1.807) is 49.4 Å². The predicted octanol–water partition coefficient (Wildman–Crippen LogP) is 2.86. The number of hydrogen-bond donors (Lipinski definition) is 1. The van der Waals surface area contributed by atoms with Crippen LogP contribution in [0.3, 0.4) is 0 Å². The summed E-state index contributed by atoms with van der Waals surface area (Å²) in [7, 11) is 2.91. The monoisotopic (exact) mass is 354 g/mol. The second-order valence-electron chi connectivity index (χ2n) is 5.55. The molecule has 1 atom stereocenters. The molecule has 3 aromatic rings. The molecule has 0 unspecified atom stereocenters. The highest BCUT2D eigenvalue weighted by Gasteiger charge is 2.23. The Balaban J connectivity index is 1.92. The zero-order valence-electron chi connectivity index (χ0n) is 14.6. The van der Waals surface area contributed by atoms with Crippen molar-refractivity contribution < 1.29 is 19.0 Å².